The molecule has 0 fully saturated rings. The average Bonchev–Trinajstić information content (AvgIpc) is 3.27. The van der Waals surface area contributed by atoms with Crippen molar-refractivity contribution >= 4 is 29.1 Å². The van der Waals surface area contributed by atoms with Gasteiger partial charge in [-0.15, -0.1) is 10.2 Å². The second-order valence-electron chi connectivity index (χ2n) is 7.26. The molecular formula is C25H22ClN3O3S. The van der Waals surface area contributed by atoms with Gasteiger partial charge in [0.1, 0.15) is 11.5 Å². The van der Waals surface area contributed by atoms with Crippen molar-refractivity contribution in [3.05, 3.63) is 82.9 Å². The van der Waals surface area contributed by atoms with Crippen LogP contribution in [0.2, 0.25) is 5.02 Å². The van der Waals surface area contributed by atoms with Gasteiger partial charge in [-0.2, -0.15) is 0 Å². The zero-order chi connectivity index (χ0) is 23.4. The number of rotatable bonds is 8. The summed E-state index contributed by atoms with van der Waals surface area (Å²) in [5.41, 5.74) is 3.39. The maximum absolute atomic E-state index is 13.0. The minimum atomic E-state index is -0.0951. The third-order valence-corrected chi connectivity index (χ3v) is 6.25. The number of nitrogens with zero attached hydrogens (tertiary/aromatic N) is 3. The first-order valence-electron chi connectivity index (χ1n) is 10.2. The van der Waals surface area contributed by atoms with E-state index >= 15 is 0 Å². The Hall–Kier alpha value is -3.29. The highest BCUT2D eigenvalue weighted by atomic mass is 35.5. The summed E-state index contributed by atoms with van der Waals surface area (Å²) >= 11 is 7.38. The number of halogens is 1. The molecule has 1 heterocycles. The molecule has 0 unspecified atom stereocenters. The summed E-state index contributed by atoms with van der Waals surface area (Å²) in [6.45, 7) is 2.03. The van der Waals surface area contributed by atoms with Crippen LogP contribution in [0.1, 0.15) is 15.9 Å². The predicted molar refractivity (Wildman–Crippen MR) is 131 cm³/mol. The Morgan fingerprint density at radius 2 is 1.70 bits per heavy atom. The van der Waals surface area contributed by atoms with E-state index in [0.717, 1.165) is 16.8 Å². The van der Waals surface area contributed by atoms with Gasteiger partial charge in [0.2, 0.25) is 0 Å². The van der Waals surface area contributed by atoms with Gasteiger partial charge in [-0.05, 0) is 61.5 Å². The van der Waals surface area contributed by atoms with Gasteiger partial charge in [0.05, 0.1) is 25.5 Å². The Labute approximate surface area is 201 Å². The molecule has 4 rings (SSSR count). The monoisotopic (exact) mass is 479 g/mol. The number of ketones is 1. The summed E-state index contributed by atoms with van der Waals surface area (Å²) < 4.78 is 12.6. The van der Waals surface area contributed by atoms with Crippen LogP contribution in [0.15, 0.2) is 71.9 Å². The number of aromatic nitrogens is 3. The molecule has 0 radical (unpaired) electrons. The minimum Gasteiger partial charge on any atom is -0.497 e. The first kappa shape index (κ1) is 22.9. The molecule has 0 saturated carbocycles. The summed E-state index contributed by atoms with van der Waals surface area (Å²) in [6, 6.07) is 20.7. The van der Waals surface area contributed by atoms with Crippen LogP contribution >= 0.6 is 23.4 Å². The van der Waals surface area contributed by atoms with Crippen molar-refractivity contribution in [1.82, 2.24) is 14.8 Å². The normalized spacial score (nSPS) is 10.8. The molecule has 168 valence electrons. The molecule has 4 aromatic rings. The van der Waals surface area contributed by atoms with Crippen molar-refractivity contribution in [3.8, 4) is 28.6 Å². The molecule has 0 N–H and O–H groups in total. The number of carbonyl (C=O) groups is 1. The van der Waals surface area contributed by atoms with Crippen molar-refractivity contribution in [3.63, 3.8) is 0 Å². The van der Waals surface area contributed by atoms with Gasteiger partial charge in [-0.25, -0.2) is 0 Å². The van der Waals surface area contributed by atoms with Crippen molar-refractivity contribution in [1.29, 1.82) is 0 Å². The number of ether oxygens (including phenoxy) is 2. The van der Waals surface area contributed by atoms with Gasteiger partial charge in [0.25, 0.3) is 0 Å². The Morgan fingerprint density at radius 3 is 2.36 bits per heavy atom. The van der Waals surface area contributed by atoms with E-state index in [0.29, 0.717) is 33.1 Å². The van der Waals surface area contributed by atoms with Crippen LogP contribution in [0.25, 0.3) is 17.1 Å². The highest BCUT2D eigenvalue weighted by Crippen LogP contribution is 2.31. The van der Waals surface area contributed by atoms with Crippen LogP contribution in [-0.2, 0) is 0 Å². The van der Waals surface area contributed by atoms with Crippen LogP contribution < -0.4 is 9.47 Å². The molecule has 3 aromatic carbocycles. The third-order valence-electron chi connectivity index (χ3n) is 5.07. The summed E-state index contributed by atoms with van der Waals surface area (Å²) in [5.74, 6) is 1.83. The maximum Gasteiger partial charge on any atom is 0.196 e. The van der Waals surface area contributed by atoms with Gasteiger partial charge in [0.15, 0.2) is 16.8 Å². The van der Waals surface area contributed by atoms with E-state index in [9.17, 15) is 4.79 Å². The Morgan fingerprint density at radius 1 is 0.970 bits per heavy atom. The first-order chi connectivity index (χ1) is 16.0. The molecule has 8 heteroatoms. The van der Waals surface area contributed by atoms with E-state index < -0.39 is 0 Å². The molecule has 0 aliphatic rings. The highest BCUT2D eigenvalue weighted by molar-refractivity contribution is 7.99. The molecule has 0 aliphatic carbocycles. The first-order valence-corrected chi connectivity index (χ1v) is 11.5. The minimum absolute atomic E-state index is 0.0951. The number of carbonyl (C=O) groups excluding carboxylic acids is 1. The van der Waals surface area contributed by atoms with E-state index in [-0.39, 0.29) is 11.5 Å². The predicted octanol–water partition coefficient (Wildman–Crippen LogP) is 5.89. The van der Waals surface area contributed by atoms with Crippen LogP contribution in [0.3, 0.4) is 0 Å². The lowest BCUT2D eigenvalue weighted by atomic mass is 10.1. The smallest absolute Gasteiger partial charge is 0.196 e. The van der Waals surface area contributed by atoms with E-state index in [1.54, 1.807) is 25.3 Å². The Bertz CT molecular complexity index is 1270. The van der Waals surface area contributed by atoms with Crippen molar-refractivity contribution in [2.45, 2.75) is 12.1 Å². The SMILES string of the molecule is COc1ccc(OC)c(C(=O)CSc2nnc(-c3ccc(Cl)cc3)n2-c2ccc(C)cc2)c1. The van der Waals surface area contributed by atoms with Crippen LogP contribution in [0.4, 0.5) is 0 Å². The van der Waals surface area contributed by atoms with E-state index in [1.807, 2.05) is 60.0 Å². The van der Waals surface area contributed by atoms with Crippen molar-refractivity contribution in [2.24, 2.45) is 0 Å². The fraction of sp³-hybridized carbons (Fsp3) is 0.160. The Balaban J connectivity index is 1.67. The largest absolute Gasteiger partial charge is 0.497 e. The zero-order valence-corrected chi connectivity index (χ0v) is 20.0. The molecule has 0 atom stereocenters. The number of thioether (sulfide) groups is 1. The number of Topliss-reactive ketones (excluding diaryl/α,β-unsaturated/α-hetero) is 1. The van der Waals surface area contributed by atoms with Gasteiger partial charge in [0, 0.05) is 16.3 Å². The standard InChI is InChI=1S/C25H22ClN3O3S/c1-16-4-10-19(11-5-16)29-24(17-6-8-18(26)9-7-17)27-28-25(29)33-15-22(30)21-14-20(31-2)12-13-23(21)32-3/h4-14H,15H2,1-3H3. The molecule has 33 heavy (non-hydrogen) atoms. The number of benzene rings is 3. The number of methoxy groups -OCH3 is 2. The average molecular weight is 480 g/mol. The quantitative estimate of drug-likeness (QED) is 0.232. The van der Waals surface area contributed by atoms with Crippen molar-refractivity contribution < 1.29 is 14.3 Å². The summed E-state index contributed by atoms with van der Waals surface area (Å²) in [6.07, 6.45) is 0. The molecule has 0 amide bonds. The Kier molecular flexibility index (Phi) is 7.01. The third kappa shape index (κ3) is 5.05. The lowest BCUT2D eigenvalue weighted by Gasteiger charge is -2.12. The van der Waals surface area contributed by atoms with Gasteiger partial charge < -0.3 is 9.47 Å². The summed E-state index contributed by atoms with van der Waals surface area (Å²) in [7, 11) is 3.10. The lowest BCUT2D eigenvalue weighted by molar-refractivity contribution is 0.101. The molecule has 0 saturated heterocycles. The number of hydrogen-bond acceptors (Lipinski definition) is 6. The second kappa shape index (κ2) is 10.1. The molecule has 0 aliphatic heterocycles. The van der Waals surface area contributed by atoms with E-state index in [1.165, 1.54) is 18.9 Å². The van der Waals surface area contributed by atoms with Crippen LogP contribution in [0, 0.1) is 6.92 Å². The van der Waals surface area contributed by atoms with E-state index in [2.05, 4.69) is 10.2 Å². The van der Waals surface area contributed by atoms with E-state index in [4.69, 9.17) is 21.1 Å². The molecular weight excluding hydrogens is 458 g/mol. The number of aryl methyl sites for hydroxylation is 1. The molecule has 0 bridgehead atoms. The van der Waals surface area contributed by atoms with Gasteiger partial charge >= 0.3 is 0 Å². The maximum atomic E-state index is 13.0. The fourth-order valence-corrected chi connectivity index (χ4v) is 4.28. The highest BCUT2D eigenvalue weighted by Gasteiger charge is 2.19. The zero-order valence-electron chi connectivity index (χ0n) is 18.4. The lowest BCUT2D eigenvalue weighted by Crippen LogP contribution is -2.07. The fourth-order valence-electron chi connectivity index (χ4n) is 3.32. The van der Waals surface area contributed by atoms with Crippen LogP contribution in [0.5, 0.6) is 11.5 Å². The number of hydrogen-bond donors (Lipinski definition) is 0. The molecule has 1 aromatic heterocycles. The van der Waals surface area contributed by atoms with Gasteiger partial charge in [-0.1, -0.05) is 41.1 Å². The molecule has 0 spiro atoms. The molecule has 6 nitrogen and oxygen atoms in total. The summed E-state index contributed by atoms with van der Waals surface area (Å²) in [4.78, 5) is 13.0. The second-order valence-corrected chi connectivity index (χ2v) is 8.64. The van der Waals surface area contributed by atoms with Gasteiger partial charge in [-0.3, -0.25) is 9.36 Å². The topological polar surface area (TPSA) is 66.2 Å². The summed E-state index contributed by atoms with van der Waals surface area (Å²) in [5, 5.41) is 10.1. The van der Waals surface area contributed by atoms with Crippen molar-refractivity contribution in [2.75, 3.05) is 20.0 Å². The van der Waals surface area contributed by atoms with Crippen LogP contribution in [-0.4, -0.2) is 40.5 Å².